The van der Waals surface area contributed by atoms with Crippen molar-refractivity contribution in [2.45, 2.75) is 51.4 Å². The Balaban J connectivity index is 1.34. The molecule has 12 heteroatoms. The number of nitrogens with zero attached hydrogens (tertiary/aromatic N) is 1. The second-order valence-corrected chi connectivity index (χ2v) is 13.7. The minimum Gasteiger partial charge on any atom is -0.468 e. The van der Waals surface area contributed by atoms with Gasteiger partial charge >= 0.3 is 12.1 Å². The highest BCUT2D eigenvalue weighted by Gasteiger charge is 2.35. The Labute approximate surface area is 315 Å². The molecule has 12 nitrogen and oxygen atoms in total. The van der Waals surface area contributed by atoms with E-state index in [0.29, 0.717) is 47.6 Å². The average molecular weight is 739 g/mol. The van der Waals surface area contributed by atoms with E-state index < -0.39 is 35.7 Å². The number of benzene rings is 4. The van der Waals surface area contributed by atoms with Crippen LogP contribution in [0.4, 0.5) is 4.79 Å². The van der Waals surface area contributed by atoms with E-state index >= 15 is 0 Å². The minimum atomic E-state index is -0.777. The van der Waals surface area contributed by atoms with Gasteiger partial charge in [-0.1, -0.05) is 48.5 Å². The minimum absolute atomic E-state index is 0.0377. The van der Waals surface area contributed by atoms with Crippen LogP contribution in [0.2, 0.25) is 0 Å². The van der Waals surface area contributed by atoms with Gasteiger partial charge in [0.05, 0.1) is 17.2 Å². The summed E-state index contributed by atoms with van der Waals surface area (Å²) in [6.45, 7) is 5.76. The molecule has 0 aliphatic carbocycles. The molecule has 0 unspecified atom stereocenters. The SMILES string of the molecule is COCOc1ccc(C(=O)N[C@@H]2CN(C(=O)OC(C)(C)C)CCC[C@H]2OC(=O)c2ccc(C(=O)c3cc(-c4ccccc4)ccc3OCOC)cc2)cc1. The normalized spacial score (nSPS) is 15.8. The fourth-order valence-electron chi connectivity index (χ4n) is 5.87. The van der Waals surface area contributed by atoms with E-state index in [1.807, 2.05) is 36.4 Å². The molecular formula is C42H46N2O10. The number of nitrogens with one attached hydrogen (secondary N) is 1. The van der Waals surface area contributed by atoms with Gasteiger partial charge in [-0.25, -0.2) is 9.59 Å². The predicted molar refractivity (Wildman–Crippen MR) is 201 cm³/mol. The molecule has 1 aliphatic heterocycles. The molecule has 284 valence electrons. The van der Waals surface area contributed by atoms with Gasteiger partial charge in [-0.15, -0.1) is 0 Å². The first-order chi connectivity index (χ1) is 26.0. The molecule has 2 atom stereocenters. The van der Waals surface area contributed by atoms with Crippen molar-refractivity contribution < 1.29 is 47.6 Å². The van der Waals surface area contributed by atoms with Crippen molar-refractivity contribution in [1.29, 1.82) is 0 Å². The van der Waals surface area contributed by atoms with Crippen LogP contribution in [0.1, 0.15) is 70.3 Å². The zero-order chi connectivity index (χ0) is 38.7. The third-order valence-corrected chi connectivity index (χ3v) is 8.52. The highest BCUT2D eigenvalue weighted by molar-refractivity contribution is 6.11. The molecule has 54 heavy (non-hydrogen) atoms. The van der Waals surface area contributed by atoms with Crippen molar-refractivity contribution in [2.24, 2.45) is 0 Å². The van der Waals surface area contributed by atoms with Gasteiger partial charge in [0.1, 0.15) is 23.2 Å². The van der Waals surface area contributed by atoms with Crippen LogP contribution < -0.4 is 14.8 Å². The largest absolute Gasteiger partial charge is 0.468 e. The quantitative estimate of drug-likeness (QED) is 0.0875. The number of esters is 1. The van der Waals surface area contributed by atoms with Gasteiger partial charge in [0.25, 0.3) is 5.91 Å². The standard InChI is InChI=1S/C42H46N2O10/c1-42(2,3)54-41(48)44-23-9-12-37(35(25-44)43-39(46)30-17-20-33(21-18-30)51-26-49-4)53-40(47)31-15-13-29(14-16-31)38(45)34-24-32(28-10-7-6-8-11-28)19-22-36(34)52-27-50-5/h6-8,10-11,13-22,24,35,37H,9,12,23,25-27H2,1-5H3,(H,43,46)/t35-,37-/m1/s1. The monoisotopic (exact) mass is 738 g/mol. The van der Waals surface area contributed by atoms with Gasteiger partial charge in [-0.2, -0.15) is 0 Å². The summed E-state index contributed by atoms with van der Waals surface area (Å²) in [5.74, 6) is -0.468. The second kappa shape index (κ2) is 18.4. The van der Waals surface area contributed by atoms with E-state index in [4.69, 9.17) is 28.4 Å². The van der Waals surface area contributed by atoms with E-state index in [9.17, 15) is 19.2 Å². The van der Waals surface area contributed by atoms with E-state index in [2.05, 4.69) is 5.32 Å². The molecule has 1 heterocycles. The highest BCUT2D eigenvalue weighted by Crippen LogP contribution is 2.29. The summed E-state index contributed by atoms with van der Waals surface area (Å²) in [7, 11) is 3.01. The van der Waals surface area contributed by atoms with Crippen molar-refractivity contribution in [1.82, 2.24) is 10.2 Å². The molecule has 2 amide bonds. The number of hydrogen-bond acceptors (Lipinski definition) is 10. The molecule has 4 aromatic rings. The first kappa shape index (κ1) is 39.5. The van der Waals surface area contributed by atoms with E-state index in [1.165, 1.54) is 31.3 Å². The third kappa shape index (κ3) is 10.7. The zero-order valence-corrected chi connectivity index (χ0v) is 31.2. The molecule has 1 saturated heterocycles. The topological polar surface area (TPSA) is 139 Å². The van der Waals surface area contributed by atoms with Crippen molar-refractivity contribution >= 4 is 23.8 Å². The summed E-state index contributed by atoms with van der Waals surface area (Å²) < 4.78 is 32.8. The van der Waals surface area contributed by atoms with Gasteiger partial charge in [-0.3, -0.25) is 9.59 Å². The molecule has 1 fully saturated rings. The van der Waals surface area contributed by atoms with Crippen LogP contribution in [-0.2, 0) is 18.9 Å². The lowest BCUT2D eigenvalue weighted by Crippen LogP contribution is -2.51. The molecular weight excluding hydrogens is 692 g/mol. The fraction of sp³-hybridized carbons (Fsp3) is 0.333. The first-order valence-electron chi connectivity index (χ1n) is 17.6. The van der Waals surface area contributed by atoms with Crippen molar-refractivity contribution in [3.8, 4) is 22.6 Å². The number of hydrogen-bond donors (Lipinski definition) is 1. The Morgan fingerprint density at radius 3 is 2.07 bits per heavy atom. The van der Waals surface area contributed by atoms with Crippen LogP contribution >= 0.6 is 0 Å². The Morgan fingerprint density at radius 1 is 0.759 bits per heavy atom. The summed E-state index contributed by atoms with van der Waals surface area (Å²) in [6, 6.07) is 27.0. The van der Waals surface area contributed by atoms with Crippen LogP contribution in [0.15, 0.2) is 97.1 Å². The van der Waals surface area contributed by atoms with Crippen LogP contribution in [-0.4, -0.2) is 87.3 Å². The lowest BCUT2D eigenvalue weighted by molar-refractivity contribution is 0.0127. The highest BCUT2D eigenvalue weighted by atomic mass is 16.7. The van der Waals surface area contributed by atoms with Gasteiger partial charge in [0.15, 0.2) is 19.4 Å². The summed E-state index contributed by atoms with van der Waals surface area (Å²) in [5.41, 5.74) is 2.30. The Kier molecular flexibility index (Phi) is 13.4. The van der Waals surface area contributed by atoms with Gasteiger partial charge < -0.3 is 38.6 Å². The number of carbonyl (C=O) groups excluding carboxylic acids is 4. The number of amides is 2. The molecule has 0 bridgehead atoms. The second-order valence-electron chi connectivity index (χ2n) is 13.7. The summed E-state index contributed by atoms with van der Waals surface area (Å²) >= 11 is 0. The van der Waals surface area contributed by atoms with E-state index in [-0.39, 0.29) is 31.5 Å². The Hall–Kier alpha value is -5.72. The number of ether oxygens (including phenoxy) is 6. The third-order valence-electron chi connectivity index (χ3n) is 8.52. The van der Waals surface area contributed by atoms with Crippen LogP contribution in [0.3, 0.4) is 0 Å². The molecule has 4 aromatic carbocycles. The molecule has 0 saturated carbocycles. The smallest absolute Gasteiger partial charge is 0.410 e. The first-order valence-corrected chi connectivity index (χ1v) is 17.6. The maximum Gasteiger partial charge on any atom is 0.410 e. The lowest BCUT2D eigenvalue weighted by atomic mass is 9.96. The lowest BCUT2D eigenvalue weighted by Gasteiger charge is -2.30. The average Bonchev–Trinajstić information content (AvgIpc) is 3.37. The summed E-state index contributed by atoms with van der Waals surface area (Å²) in [5, 5.41) is 2.97. The predicted octanol–water partition coefficient (Wildman–Crippen LogP) is 6.90. The summed E-state index contributed by atoms with van der Waals surface area (Å²) in [4.78, 5) is 55.5. The van der Waals surface area contributed by atoms with Crippen LogP contribution in [0, 0.1) is 0 Å². The number of carbonyl (C=O) groups is 4. The van der Waals surface area contributed by atoms with Crippen molar-refractivity contribution in [2.75, 3.05) is 40.9 Å². The fourth-order valence-corrected chi connectivity index (χ4v) is 5.87. The maximum absolute atomic E-state index is 13.8. The van der Waals surface area contributed by atoms with E-state index in [0.717, 1.165) is 11.1 Å². The Bertz CT molecular complexity index is 1890. The van der Waals surface area contributed by atoms with Crippen molar-refractivity contribution in [3.63, 3.8) is 0 Å². The molecule has 0 spiro atoms. The van der Waals surface area contributed by atoms with Gasteiger partial charge in [0.2, 0.25) is 0 Å². The van der Waals surface area contributed by atoms with Gasteiger partial charge in [0, 0.05) is 38.4 Å². The number of ketones is 1. The van der Waals surface area contributed by atoms with Crippen molar-refractivity contribution in [3.05, 3.63) is 119 Å². The zero-order valence-electron chi connectivity index (χ0n) is 31.2. The van der Waals surface area contributed by atoms with Crippen LogP contribution in [0.25, 0.3) is 11.1 Å². The van der Waals surface area contributed by atoms with Gasteiger partial charge in [-0.05, 0) is 93.3 Å². The molecule has 0 radical (unpaired) electrons. The number of rotatable bonds is 13. The molecule has 0 aromatic heterocycles. The van der Waals surface area contributed by atoms with Crippen LogP contribution in [0.5, 0.6) is 11.5 Å². The molecule has 5 rings (SSSR count). The number of methoxy groups -OCH3 is 2. The summed E-state index contributed by atoms with van der Waals surface area (Å²) in [6.07, 6.45) is -0.435. The number of likely N-dealkylation sites (tertiary alicyclic amines) is 1. The molecule has 1 aliphatic rings. The Morgan fingerprint density at radius 2 is 1.41 bits per heavy atom. The molecule has 1 N–H and O–H groups in total. The maximum atomic E-state index is 13.8. The van der Waals surface area contributed by atoms with E-state index in [1.54, 1.807) is 69.3 Å².